The highest BCUT2D eigenvalue weighted by Gasteiger charge is 2.47. The molecule has 8 heteroatoms. The number of aliphatic hydroxyl groups excluding tert-OH is 1. The van der Waals surface area contributed by atoms with E-state index in [1.807, 2.05) is 19.0 Å². The molecule has 0 saturated carbocycles. The van der Waals surface area contributed by atoms with Crippen molar-refractivity contribution >= 4 is 17.4 Å². The van der Waals surface area contributed by atoms with Gasteiger partial charge in [0.2, 0.25) is 0 Å². The summed E-state index contributed by atoms with van der Waals surface area (Å²) < 4.78 is 16.7. The Kier molecular flexibility index (Phi) is 8.76. The van der Waals surface area contributed by atoms with E-state index in [9.17, 15) is 14.7 Å². The number of rotatable bonds is 11. The molecule has 188 valence electrons. The van der Waals surface area contributed by atoms with E-state index >= 15 is 0 Å². The molecule has 35 heavy (non-hydrogen) atoms. The molecule has 3 rings (SSSR count). The maximum Gasteiger partial charge on any atom is 0.295 e. The van der Waals surface area contributed by atoms with Crippen molar-refractivity contribution in [2.75, 3.05) is 48.0 Å². The van der Waals surface area contributed by atoms with E-state index in [-0.39, 0.29) is 11.3 Å². The molecule has 1 heterocycles. The summed E-state index contributed by atoms with van der Waals surface area (Å²) in [6.45, 7) is 3.53. The number of aliphatic hydroxyl groups is 1. The summed E-state index contributed by atoms with van der Waals surface area (Å²) in [5.74, 6) is 0.0611. The fourth-order valence-electron chi connectivity index (χ4n) is 3.99. The van der Waals surface area contributed by atoms with Gasteiger partial charge in [-0.05, 0) is 63.0 Å². The van der Waals surface area contributed by atoms with Gasteiger partial charge in [-0.15, -0.1) is 0 Å². The maximum atomic E-state index is 13.2. The molecule has 1 amide bonds. The van der Waals surface area contributed by atoms with Crippen LogP contribution in [0.5, 0.6) is 17.2 Å². The topological polar surface area (TPSA) is 88.5 Å². The molecule has 1 atom stereocenters. The first kappa shape index (κ1) is 26.1. The van der Waals surface area contributed by atoms with Crippen LogP contribution in [0.2, 0.25) is 0 Å². The van der Waals surface area contributed by atoms with E-state index in [2.05, 4.69) is 6.92 Å². The molecule has 0 aromatic heterocycles. The summed E-state index contributed by atoms with van der Waals surface area (Å²) >= 11 is 0. The fraction of sp³-hybridized carbons (Fsp3) is 0.407. The van der Waals surface area contributed by atoms with E-state index in [0.717, 1.165) is 12.8 Å². The number of unbranched alkanes of at least 4 members (excludes halogenated alkanes) is 1. The molecule has 0 radical (unpaired) electrons. The number of ketones is 1. The number of benzene rings is 2. The maximum absolute atomic E-state index is 13.2. The van der Waals surface area contributed by atoms with E-state index < -0.39 is 17.7 Å². The number of hydrogen-bond acceptors (Lipinski definition) is 7. The highest BCUT2D eigenvalue weighted by atomic mass is 16.5. The Bertz CT molecular complexity index is 1080. The van der Waals surface area contributed by atoms with Crippen molar-refractivity contribution in [2.24, 2.45) is 0 Å². The lowest BCUT2D eigenvalue weighted by Crippen LogP contribution is -2.35. The lowest BCUT2D eigenvalue weighted by atomic mass is 9.94. The number of amides is 1. The Labute approximate surface area is 206 Å². The first-order valence-corrected chi connectivity index (χ1v) is 11.7. The molecule has 0 aliphatic carbocycles. The van der Waals surface area contributed by atoms with Gasteiger partial charge in [0.15, 0.2) is 0 Å². The van der Waals surface area contributed by atoms with Crippen LogP contribution in [0, 0.1) is 0 Å². The molecule has 0 spiro atoms. The van der Waals surface area contributed by atoms with Crippen LogP contribution in [0.4, 0.5) is 0 Å². The van der Waals surface area contributed by atoms with E-state index in [0.29, 0.717) is 48.1 Å². The monoisotopic (exact) mass is 482 g/mol. The highest BCUT2D eigenvalue weighted by molar-refractivity contribution is 6.46. The second kappa shape index (κ2) is 11.8. The standard InChI is InChI=1S/C27H34N2O6/c1-6-7-16-35-19-10-8-18(9-11-19)25(30)23-24(21-17-20(33-4)12-13-22(21)34-5)29(15-14-28(2)3)27(32)26(23)31/h8-13,17,24,30H,6-7,14-16H2,1-5H3/t24-/m1/s1. The van der Waals surface area contributed by atoms with Crippen LogP contribution < -0.4 is 14.2 Å². The Morgan fingerprint density at radius 1 is 1.03 bits per heavy atom. The molecular weight excluding hydrogens is 448 g/mol. The van der Waals surface area contributed by atoms with Gasteiger partial charge >= 0.3 is 0 Å². The Hall–Kier alpha value is -3.52. The number of likely N-dealkylation sites (N-methyl/N-ethyl adjacent to an activating group) is 1. The molecule has 1 aliphatic rings. The first-order valence-electron chi connectivity index (χ1n) is 11.7. The van der Waals surface area contributed by atoms with Crippen LogP contribution in [-0.4, -0.2) is 74.6 Å². The zero-order valence-corrected chi connectivity index (χ0v) is 21.0. The number of ether oxygens (including phenoxy) is 3. The SMILES string of the molecule is CCCCOc1ccc(C(O)=C2C(=O)C(=O)N(CCN(C)C)[C@@H]2c2cc(OC)ccc2OC)cc1. The van der Waals surface area contributed by atoms with Crippen molar-refractivity contribution in [1.82, 2.24) is 9.80 Å². The molecule has 2 aromatic carbocycles. The number of methoxy groups -OCH3 is 2. The molecule has 1 fully saturated rings. The van der Waals surface area contributed by atoms with Crippen LogP contribution >= 0.6 is 0 Å². The van der Waals surface area contributed by atoms with E-state index in [1.165, 1.54) is 12.0 Å². The summed E-state index contributed by atoms with van der Waals surface area (Å²) in [5.41, 5.74) is 0.996. The highest BCUT2D eigenvalue weighted by Crippen LogP contribution is 2.43. The van der Waals surface area contributed by atoms with Crippen molar-refractivity contribution in [3.05, 3.63) is 59.2 Å². The Balaban J connectivity index is 2.11. The number of Topliss-reactive ketones (excluding diaryl/α,β-unsaturated/α-hetero) is 1. The lowest BCUT2D eigenvalue weighted by molar-refractivity contribution is -0.140. The molecule has 8 nitrogen and oxygen atoms in total. The average Bonchev–Trinajstić information content (AvgIpc) is 3.11. The fourth-order valence-corrected chi connectivity index (χ4v) is 3.99. The average molecular weight is 483 g/mol. The third kappa shape index (κ3) is 5.77. The van der Waals surface area contributed by atoms with Crippen LogP contribution in [0.3, 0.4) is 0 Å². The number of hydrogen-bond donors (Lipinski definition) is 1. The van der Waals surface area contributed by atoms with Crippen molar-refractivity contribution in [2.45, 2.75) is 25.8 Å². The van der Waals surface area contributed by atoms with Gasteiger partial charge in [0, 0.05) is 24.2 Å². The van der Waals surface area contributed by atoms with Gasteiger partial charge in [-0.3, -0.25) is 9.59 Å². The van der Waals surface area contributed by atoms with E-state index in [1.54, 1.807) is 49.6 Å². The molecule has 0 unspecified atom stereocenters. The first-order chi connectivity index (χ1) is 16.8. The van der Waals surface area contributed by atoms with Crippen LogP contribution in [-0.2, 0) is 9.59 Å². The van der Waals surface area contributed by atoms with Crippen molar-refractivity contribution in [3.63, 3.8) is 0 Å². The minimum absolute atomic E-state index is 0.0139. The summed E-state index contributed by atoms with van der Waals surface area (Å²) in [4.78, 5) is 29.8. The van der Waals surface area contributed by atoms with Gasteiger partial charge < -0.3 is 29.1 Å². The molecule has 2 aromatic rings. The second-order valence-electron chi connectivity index (χ2n) is 8.63. The quantitative estimate of drug-likeness (QED) is 0.225. The summed E-state index contributed by atoms with van der Waals surface area (Å²) in [7, 11) is 6.84. The van der Waals surface area contributed by atoms with Crippen molar-refractivity contribution in [1.29, 1.82) is 0 Å². The second-order valence-corrected chi connectivity index (χ2v) is 8.63. The van der Waals surface area contributed by atoms with Crippen LogP contribution in [0.1, 0.15) is 36.9 Å². The molecule has 0 bridgehead atoms. The number of carbonyl (C=O) groups excluding carboxylic acids is 2. The lowest BCUT2D eigenvalue weighted by Gasteiger charge is -2.28. The third-order valence-corrected chi connectivity index (χ3v) is 5.95. The number of carbonyl (C=O) groups is 2. The minimum Gasteiger partial charge on any atom is -0.507 e. The molecule has 1 aliphatic heterocycles. The summed E-state index contributed by atoms with van der Waals surface area (Å²) in [6.07, 6.45) is 1.97. The summed E-state index contributed by atoms with van der Waals surface area (Å²) in [5, 5.41) is 11.3. The predicted molar refractivity (Wildman–Crippen MR) is 134 cm³/mol. The minimum atomic E-state index is -0.833. The van der Waals surface area contributed by atoms with Gasteiger partial charge in [-0.25, -0.2) is 0 Å². The molecular formula is C27H34N2O6. The van der Waals surface area contributed by atoms with Gasteiger partial charge in [0.1, 0.15) is 23.0 Å². The van der Waals surface area contributed by atoms with Crippen molar-refractivity contribution in [3.8, 4) is 17.2 Å². The molecule has 1 saturated heterocycles. The third-order valence-electron chi connectivity index (χ3n) is 5.95. The number of likely N-dealkylation sites (tertiary alicyclic amines) is 1. The van der Waals surface area contributed by atoms with Crippen LogP contribution in [0.25, 0.3) is 5.76 Å². The van der Waals surface area contributed by atoms with Crippen molar-refractivity contribution < 1.29 is 28.9 Å². The zero-order valence-electron chi connectivity index (χ0n) is 21.0. The largest absolute Gasteiger partial charge is 0.507 e. The predicted octanol–water partition coefficient (Wildman–Crippen LogP) is 3.87. The normalized spacial score (nSPS) is 17.2. The zero-order chi connectivity index (χ0) is 25.5. The number of nitrogens with zero attached hydrogens (tertiary/aromatic N) is 2. The van der Waals surface area contributed by atoms with Gasteiger partial charge in [0.05, 0.1) is 32.4 Å². The van der Waals surface area contributed by atoms with Gasteiger partial charge in [-0.1, -0.05) is 13.3 Å². The van der Waals surface area contributed by atoms with Gasteiger partial charge in [-0.2, -0.15) is 0 Å². The Morgan fingerprint density at radius 2 is 1.71 bits per heavy atom. The Morgan fingerprint density at radius 3 is 2.31 bits per heavy atom. The van der Waals surface area contributed by atoms with E-state index in [4.69, 9.17) is 14.2 Å². The smallest absolute Gasteiger partial charge is 0.295 e. The van der Waals surface area contributed by atoms with Gasteiger partial charge in [0.25, 0.3) is 11.7 Å². The summed E-state index contributed by atoms with van der Waals surface area (Å²) in [6, 6.07) is 11.2. The molecule has 1 N–H and O–H groups in total. The van der Waals surface area contributed by atoms with Crippen LogP contribution in [0.15, 0.2) is 48.0 Å².